The van der Waals surface area contributed by atoms with Crippen LogP contribution in [0, 0.1) is 19.3 Å². The van der Waals surface area contributed by atoms with Gasteiger partial charge in [-0.15, -0.1) is 0 Å². The van der Waals surface area contributed by atoms with Gasteiger partial charge >= 0.3 is 5.97 Å². The van der Waals surface area contributed by atoms with Crippen molar-refractivity contribution < 1.29 is 61.6 Å². The van der Waals surface area contributed by atoms with E-state index in [0.29, 0.717) is 16.7 Å². The van der Waals surface area contributed by atoms with Crippen molar-refractivity contribution in [2.45, 2.75) is 125 Å². The molecule has 121 heavy (non-hydrogen) atoms. The molecule has 0 bridgehead atoms. The molecule has 0 spiro atoms. The molecule has 11 aromatic carbocycles. The Morgan fingerprint density at radius 3 is 0.909 bits per heavy atom. The smallest absolute Gasteiger partial charge is 0.337 e. The van der Waals surface area contributed by atoms with Gasteiger partial charge in [0.25, 0.3) is 0 Å². The molecule has 0 amide bonds. The standard InChI is InChI=1S/C19H20O2.C16H24O.C12H10O.C12H16O.C11H14O.C10H10O3.C10H10O2.C10H12O.C8H8O/c1-5-20-17-11-7-15(8-12-17)19(3,4)16-9-13-18(14-10-16)21-6-2;1-7-17-14-10-8-13(9-11-14)16(5,6)12-15(2,3)4;1-2-13-12-8-7-10-5-3-4-6-11(10)9-12;1-5-13-11-8-6-10(7-9-11)12(2,3)4;1-4-12-11(2,3)10-8-6-5-7-9-10;1-3-13-9-6-4-8(5-7-9)10(11)12-2;1-3-11-9-5-7-10(8-6-9)12-4-2;1-4-11-10-6-8(2)5-9(3)7-10;1-2-9-8-6-4-3-5-7-8/h5-14H,1-2H2,3-4H3;7-11H,1,12H2,2-6H3;2-9H,1H2;5-9H,1H2,2-4H3;4-9H,1H2,2-3H3;3-7H,1H2,2H3;3-8H,1-2H2;4-7H,1H2,2-3H3;2-7H,1H2. The molecule has 0 aliphatic rings. The molecule has 0 saturated carbocycles. The topological polar surface area (TPSA) is 128 Å². The van der Waals surface area contributed by atoms with Crippen LogP contribution < -0.4 is 47.4 Å². The lowest BCUT2D eigenvalue weighted by Gasteiger charge is -2.33. The van der Waals surface area contributed by atoms with E-state index in [9.17, 15) is 4.79 Å². The highest BCUT2D eigenvalue weighted by Gasteiger charge is 2.28. The summed E-state index contributed by atoms with van der Waals surface area (Å²) in [7, 11) is 1.34. The van der Waals surface area contributed by atoms with Crippen LogP contribution in [0.5, 0.6) is 57.5 Å². The maximum Gasteiger partial charge on any atom is 0.337 e. The van der Waals surface area contributed by atoms with E-state index in [0.717, 1.165) is 63.7 Å². The van der Waals surface area contributed by atoms with Crippen LogP contribution >= 0.6 is 0 Å². The predicted molar refractivity (Wildman–Crippen MR) is 503 cm³/mol. The molecule has 0 aliphatic carbocycles. The molecule has 0 aromatic heterocycles. The summed E-state index contributed by atoms with van der Waals surface area (Å²) >= 11 is 0. The molecule has 0 fully saturated rings. The molecular formula is C108H124O13. The van der Waals surface area contributed by atoms with Crippen molar-refractivity contribution >= 4 is 16.7 Å². The number of benzene rings is 11. The first-order valence-corrected chi connectivity index (χ1v) is 39.1. The van der Waals surface area contributed by atoms with E-state index in [1.165, 1.54) is 120 Å². The van der Waals surface area contributed by atoms with Crippen LogP contribution in [-0.4, -0.2) is 13.1 Å². The van der Waals surface area contributed by atoms with Crippen molar-refractivity contribution in [1.29, 1.82) is 0 Å². The Hall–Kier alpha value is -13.9. The first-order chi connectivity index (χ1) is 57.7. The second-order valence-electron chi connectivity index (χ2n) is 30.2. The highest BCUT2D eigenvalue weighted by atomic mass is 16.5. The SMILES string of the molecule is C=COC(C)(C)c1ccccc1.C=COc1cc(C)cc(C)c1.C=COc1ccc(C(=O)OC)cc1.C=COc1ccc(C(C)(C)C)cc1.C=COc1ccc(C(C)(C)CC(C)(C)C)cc1.C=COc1ccc(C(C)(C)c2ccc(OC=C)cc2)cc1.C=COc1ccc(OC=C)cc1.C=COc1ccc2ccccc2c1.C=COc1ccccc1. The van der Waals surface area contributed by atoms with E-state index in [4.69, 9.17) is 52.1 Å². The summed E-state index contributed by atoms with van der Waals surface area (Å²) in [6, 6.07) is 86.1. The average molecular weight is 1630 g/mol. The van der Waals surface area contributed by atoms with Crippen molar-refractivity contribution in [3.05, 3.63) is 453 Å². The zero-order valence-electron chi connectivity index (χ0n) is 73.5. The Bertz CT molecular complexity index is 4790. The van der Waals surface area contributed by atoms with E-state index in [1.54, 1.807) is 48.5 Å². The van der Waals surface area contributed by atoms with Crippen molar-refractivity contribution in [2.75, 3.05) is 7.11 Å². The predicted octanol–water partition coefficient (Wildman–Crippen LogP) is 29.7. The number of ether oxygens (including phenoxy) is 12. The number of fused-ring (bicyclic) bond motifs is 1. The van der Waals surface area contributed by atoms with Gasteiger partial charge in [-0.25, -0.2) is 4.79 Å². The molecule has 0 aliphatic heterocycles. The summed E-state index contributed by atoms with van der Waals surface area (Å²) in [5.41, 5.74) is 9.52. The lowest BCUT2D eigenvalue weighted by atomic mass is 9.72. The average Bonchev–Trinajstić information content (AvgIpc) is 0.800. The third-order valence-corrected chi connectivity index (χ3v) is 17.3. The van der Waals surface area contributed by atoms with Crippen LogP contribution in [0.25, 0.3) is 10.8 Å². The summed E-state index contributed by atoms with van der Waals surface area (Å²) in [6.07, 6.45) is 16.8. The van der Waals surface area contributed by atoms with Gasteiger partial charge in [0.05, 0.1) is 81.6 Å². The Balaban J connectivity index is 0.000000355. The summed E-state index contributed by atoms with van der Waals surface area (Å²) < 4.78 is 61.1. The fourth-order valence-corrected chi connectivity index (χ4v) is 11.7. The Morgan fingerprint density at radius 2 is 0.570 bits per heavy atom. The first-order valence-electron chi connectivity index (χ1n) is 39.1. The molecule has 11 aromatic rings. The number of carbonyl (C=O) groups excluding carboxylic acids is 1. The molecule has 13 heteroatoms. The van der Waals surface area contributed by atoms with Crippen LogP contribution in [-0.2, 0) is 31.3 Å². The van der Waals surface area contributed by atoms with E-state index < -0.39 is 0 Å². The van der Waals surface area contributed by atoms with E-state index in [2.05, 4.69) is 213 Å². The molecule has 0 N–H and O–H groups in total. The number of aryl methyl sites for hydroxylation is 2. The second kappa shape index (κ2) is 54.2. The second-order valence-corrected chi connectivity index (χ2v) is 30.2. The van der Waals surface area contributed by atoms with Gasteiger partial charge in [-0.05, 0) is 234 Å². The molecule has 0 radical (unpaired) electrons. The minimum Gasteiger partial charge on any atom is -0.491 e. The van der Waals surface area contributed by atoms with Gasteiger partial charge < -0.3 is 56.8 Å². The minimum atomic E-state index is -0.356. The number of rotatable bonds is 28. The fourth-order valence-electron chi connectivity index (χ4n) is 11.7. The zero-order chi connectivity index (χ0) is 89.7. The van der Waals surface area contributed by atoms with Crippen LogP contribution in [0.3, 0.4) is 0 Å². The quantitative estimate of drug-likeness (QED) is 0.0341. The van der Waals surface area contributed by atoms with Crippen molar-refractivity contribution in [2.24, 2.45) is 5.41 Å². The van der Waals surface area contributed by atoms with Gasteiger partial charge in [0.15, 0.2) is 0 Å². The Kier molecular flexibility index (Phi) is 45.3. The van der Waals surface area contributed by atoms with E-state index in [-0.39, 0.29) is 27.8 Å². The third kappa shape index (κ3) is 39.7. The monoisotopic (exact) mass is 1630 g/mol. The Labute approximate surface area is 722 Å². The van der Waals surface area contributed by atoms with Crippen molar-refractivity contribution in [3.8, 4) is 57.5 Å². The fraction of sp³-hybridized carbons (Fsp3) is 0.194. The van der Waals surface area contributed by atoms with Crippen molar-refractivity contribution in [1.82, 2.24) is 0 Å². The van der Waals surface area contributed by atoms with Gasteiger partial charge in [0.2, 0.25) is 0 Å². The molecule has 13 nitrogen and oxygen atoms in total. The largest absolute Gasteiger partial charge is 0.491 e. The van der Waals surface area contributed by atoms with Gasteiger partial charge in [-0.3, -0.25) is 0 Å². The number of hydrogen-bond acceptors (Lipinski definition) is 13. The maximum atomic E-state index is 11.0. The van der Waals surface area contributed by atoms with E-state index in [1.807, 2.05) is 179 Å². The minimum absolute atomic E-state index is 0.0978. The lowest BCUT2D eigenvalue weighted by molar-refractivity contribution is 0.0559. The van der Waals surface area contributed by atoms with Gasteiger partial charge in [-0.2, -0.15) is 0 Å². The highest BCUT2D eigenvalue weighted by molar-refractivity contribution is 5.89. The number of hydrogen-bond donors (Lipinski definition) is 0. The van der Waals surface area contributed by atoms with Gasteiger partial charge in [0, 0.05) is 5.41 Å². The first kappa shape index (κ1) is 101. The van der Waals surface area contributed by atoms with Crippen molar-refractivity contribution in [3.63, 3.8) is 0 Å². The summed E-state index contributed by atoms with van der Waals surface area (Å²) in [4.78, 5) is 11.0. The molecule has 0 unspecified atom stereocenters. The molecular weight excluding hydrogens is 1510 g/mol. The molecule has 11 rings (SSSR count). The normalized spacial score (nSPS) is 10.2. The van der Waals surface area contributed by atoms with Crippen LogP contribution in [0.4, 0.5) is 0 Å². The summed E-state index contributed by atoms with van der Waals surface area (Å²) in [5, 5.41) is 2.40. The maximum absolute atomic E-state index is 11.0. The number of carbonyl (C=O) groups is 1. The van der Waals surface area contributed by atoms with Crippen LogP contribution in [0.2, 0.25) is 0 Å². The molecule has 0 saturated heterocycles. The summed E-state index contributed by atoms with van der Waals surface area (Å²) in [6.45, 7) is 69.0. The van der Waals surface area contributed by atoms with Gasteiger partial charge in [0.1, 0.15) is 63.1 Å². The van der Waals surface area contributed by atoms with Crippen LogP contribution in [0.15, 0.2) is 408 Å². The molecule has 0 heterocycles. The molecule has 634 valence electrons. The van der Waals surface area contributed by atoms with Gasteiger partial charge in [-0.1, -0.05) is 275 Å². The number of para-hydroxylation sites is 1. The third-order valence-electron chi connectivity index (χ3n) is 17.3. The number of methoxy groups -OCH3 is 1. The lowest BCUT2D eigenvalue weighted by Crippen LogP contribution is -2.24. The van der Waals surface area contributed by atoms with E-state index >= 15 is 0 Å². The highest BCUT2D eigenvalue weighted by Crippen LogP contribution is 2.38. The number of esters is 1. The zero-order valence-corrected chi connectivity index (χ0v) is 73.5. The Morgan fingerprint density at radius 1 is 0.281 bits per heavy atom. The summed E-state index contributed by atoms with van der Waals surface area (Å²) in [5.74, 6) is 7.53. The molecule has 0 atom stereocenters. The van der Waals surface area contributed by atoms with Crippen LogP contribution in [0.1, 0.15) is 139 Å².